The van der Waals surface area contributed by atoms with Gasteiger partial charge in [0.1, 0.15) is 5.15 Å². The number of esters is 1. The second-order valence-electron chi connectivity index (χ2n) is 4.08. The van der Waals surface area contributed by atoms with Crippen molar-refractivity contribution in [3.8, 4) is 0 Å². The van der Waals surface area contributed by atoms with Gasteiger partial charge in [-0.3, -0.25) is 5.43 Å². The molecule has 0 atom stereocenters. The summed E-state index contributed by atoms with van der Waals surface area (Å²) in [6.07, 6.45) is 1.54. The number of carbonyl (C=O) groups is 1. The van der Waals surface area contributed by atoms with Crippen LogP contribution < -0.4 is 5.43 Å². The standard InChI is InChI=1S/C14H10Cl3N3O2/c1-22-14(21)9-4-2-8(3-5-9)7-18-20-13-11(16)6-10(15)12(17)19-13/h2-7H,1H3,(H,19,20). The second-order valence-corrected chi connectivity index (χ2v) is 5.25. The number of methoxy groups -OCH3 is 1. The molecule has 0 saturated heterocycles. The number of anilines is 1. The van der Waals surface area contributed by atoms with Gasteiger partial charge >= 0.3 is 5.97 Å². The molecule has 0 bridgehead atoms. The minimum Gasteiger partial charge on any atom is -0.465 e. The van der Waals surface area contributed by atoms with E-state index in [9.17, 15) is 4.79 Å². The molecule has 0 aliphatic rings. The first-order chi connectivity index (χ1) is 10.5. The molecule has 1 aromatic heterocycles. The van der Waals surface area contributed by atoms with Crippen LogP contribution in [0.1, 0.15) is 15.9 Å². The maximum Gasteiger partial charge on any atom is 0.337 e. The van der Waals surface area contributed by atoms with Crippen molar-refractivity contribution in [3.63, 3.8) is 0 Å². The van der Waals surface area contributed by atoms with Gasteiger partial charge in [-0.15, -0.1) is 0 Å². The molecule has 0 amide bonds. The summed E-state index contributed by atoms with van der Waals surface area (Å²) in [5, 5.41) is 4.69. The van der Waals surface area contributed by atoms with E-state index in [-0.39, 0.29) is 10.2 Å². The SMILES string of the molecule is COC(=O)c1ccc(C=NNc2nc(Cl)c(Cl)cc2Cl)cc1. The number of aromatic nitrogens is 1. The summed E-state index contributed by atoms with van der Waals surface area (Å²) in [7, 11) is 1.33. The molecule has 0 aliphatic carbocycles. The summed E-state index contributed by atoms with van der Waals surface area (Å²) in [5.41, 5.74) is 3.90. The lowest BCUT2D eigenvalue weighted by Gasteiger charge is -2.04. The Labute approximate surface area is 141 Å². The first-order valence-electron chi connectivity index (χ1n) is 6.00. The average molecular weight is 359 g/mol. The number of nitrogens with zero attached hydrogens (tertiary/aromatic N) is 2. The van der Waals surface area contributed by atoms with Crippen molar-refractivity contribution in [3.05, 3.63) is 56.7 Å². The summed E-state index contributed by atoms with van der Waals surface area (Å²) in [5.74, 6) is -0.105. The number of halogens is 3. The summed E-state index contributed by atoms with van der Waals surface area (Å²) < 4.78 is 4.62. The Bertz CT molecular complexity index is 718. The van der Waals surface area contributed by atoms with E-state index in [1.807, 2.05) is 0 Å². The molecule has 0 spiro atoms. The van der Waals surface area contributed by atoms with E-state index in [4.69, 9.17) is 34.8 Å². The summed E-state index contributed by atoms with van der Waals surface area (Å²) in [4.78, 5) is 15.3. The Morgan fingerprint density at radius 1 is 1.23 bits per heavy atom. The van der Waals surface area contributed by atoms with Gasteiger partial charge in [-0.1, -0.05) is 46.9 Å². The zero-order chi connectivity index (χ0) is 16.1. The van der Waals surface area contributed by atoms with E-state index in [1.165, 1.54) is 13.2 Å². The van der Waals surface area contributed by atoms with Crippen LogP contribution in [0.2, 0.25) is 15.2 Å². The van der Waals surface area contributed by atoms with E-state index in [1.54, 1.807) is 30.5 Å². The van der Waals surface area contributed by atoms with Crippen LogP contribution in [0.15, 0.2) is 35.4 Å². The Morgan fingerprint density at radius 3 is 2.55 bits per heavy atom. The maximum absolute atomic E-state index is 11.3. The average Bonchev–Trinajstić information content (AvgIpc) is 2.52. The normalized spacial score (nSPS) is 10.7. The highest BCUT2D eigenvalue weighted by Crippen LogP contribution is 2.28. The number of ether oxygens (including phenoxy) is 1. The zero-order valence-corrected chi connectivity index (χ0v) is 13.6. The first-order valence-corrected chi connectivity index (χ1v) is 7.13. The highest BCUT2D eigenvalue weighted by Gasteiger charge is 2.07. The number of hydrazone groups is 1. The number of benzene rings is 1. The fourth-order valence-corrected chi connectivity index (χ4v) is 2.05. The van der Waals surface area contributed by atoms with Crippen LogP contribution in [-0.2, 0) is 4.74 Å². The van der Waals surface area contributed by atoms with Crippen molar-refractivity contribution >= 4 is 52.8 Å². The van der Waals surface area contributed by atoms with Crippen molar-refractivity contribution in [1.29, 1.82) is 0 Å². The molecule has 2 rings (SSSR count). The molecule has 8 heteroatoms. The van der Waals surface area contributed by atoms with Gasteiger partial charge in [0.25, 0.3) is 0 Å². The number of rotatable bonds is 4. The molecule has 0 saturated carbocycles. The van der Waals surface area contributed by atoms with Gasteiger partial charge in [0.2, 0.25) is 0 Å². The van der Waals surface area contributed by atoms with Crippen LogP contribution in [-0.4, -0.2) is 24.3 Å². The number of nitrogens with one attached hydrogen (secondary N) is 1. The molecule has 0 aliphatic heterocycles. The fraction of sp³-hybridized carbons (Fsp3) is 0.0714. The lowest BCUT2D eigenvalue weighted by Crippen LogP contribution is -2.01. The van der Waals surface area contributed by atoms with Gasteiger partial charge in [-0.05, 0) is 23.8 Å². The predicted octanol–water partition coefficient (Wildman–Crippen LogP) is 4.27. The zero-order valence-electron chi connectivity index (χ0n) is 11.3. The van der Waals surface area contributed by atoms with Crippen LogP contribution in [0, 0.1) is 0 Å². The van der Waals surface area contributed by atoms with Crippen molar-refractivity contribution < 1.29 is 9.53 Å². The van der Waals surface area contributed by atoms with Crippen LogP contribution in [0.4, 0.5) is 5.82 Å². The molecule has 1 heterocycles. The molecule has 0 fully saturated rings. The smallest absolute Gasteiger partial charge is 0.337 e. The quantitative estimate of drug-likeness (QED) is 0.383. The van der Waals surface area contributed by atoms with Crippen LogP contribution in [0.3, 0.4) is 0 Å². The van der Waals surface area contributed by atoms with Crippen LogP contribution in [0.5, 0.6) is 0 Å². The van der Waals surface area contributed by atoms with Crippen LogP contribution >= 0.6 is 34.8 Å². The molecule has 2 aromatic rings. The van der Waals surface area contributed by atoms with Gasteiger partial charge < -0.3 is 4.74 Å². The third-order valence-electron chi connectivity index (χ3n) is 2.60. The largest absolute Gasteiger partial charge is 0.465 e. The van der Waals surface area contributed by atoms with Gasteiger partial charge in [-0.25, -0.2) is 9.78 Å². The van der Waals surface area contributed by atoms with Crippen molar-refractivity contribution in [2.24, 2.45) is 5.10 Å². The molecule has 1 aromatic carbocycles. The number of carbonyl (C=O) groups excluding carboxylic acids is 1. The highest BCUT2D eigenvalue weighted by molar-refractivity contribution is 6.42. The van der Waals surface area contributed by atoms with E-state index in [2.05, 4.69) is 20.2 Å². The summed E-state index contributed by atoms with van der Waals surface area (Å²) >= 11 is 17.6. The molecule has 22 heavy (non-hydrogen) atoms. The topological polar surface area (TPSA) is 63.6 Å². The number of pyridine rings is 1. The lowest BCUT2D eigenvalue weighted by molar-refractivity contribution is 0.0601. The molecule has 0 unspecified atom stereocenters. The van der Waals surface area contributed by atoms with Crippen LogP contribution in [0.25, 0.3) is 0 Å². The Morgan fingerprint density at radius 2 is 1.91 bits per heavy atom. The Balaban J connectivity index is 2.07. The third kappa shape index (κ3) is 4.10. The van der Waals surface area contributed by atoms with Gasteiger partial charge in [0.15, 0.2) is 5.82 Å². The Kier molecular flexibility index (Phi) is 5.60. The van der Waals surface area contributed by atoms with Gasteiger partial charge in [0.05, 0.1) is 28.9 Å². The van der Waals surface area contributed by atoms with Crippen molar-refractivity contribution in [1.82, 2.24) is 4.98 Å². The van der Waals surface area contributed by atoms with Gasteiger partial charge in [-0.2, -0.15) is 5.10 Å². The maximum atomic E-state index is 11.3. The highest BCUT2D eigenvalue weighted by atomic mass is 35.5. The van der Waals surface area contributed by atoms with E-state index in [0.717, 1.165) is 5.56 Å². The van der Waals surface area contributed by atoms with E-state index < -0.39 is 5.97 Å². The second kappa shape index (κ2) is 7.45. The first kappa shape index (κ1) is 16.5. The Hall–Kier alpha value is -1.82. The number of hydrogen-bond acceptors (Lipinski definition) is 5. The molecular formula is C14H10Cl3N3O2. The molecule has 1 N–H and O–H groups in total. The molecule has 5 nitrogen and oxygen atoms in total. The molecule has 0 radical (unpaired) electrons. The van der Waals surface area contributed by atoms with Gasteiger partial charge in [0, 0.05) is 0 Å². The van der Waals surface area contributed by atoms with E-state index >= 15 is 0 Å². The minimum absolute atomic E-state index is 0.131. The molecular weight excluding hydrogens is 349 g/mol. The fourth-order valence-electron chi connectivity index (χ4n) is 1.51. The summed E-state index contributed by atoms with van der Waals surface area (Å²) in [6.45, 7) is 0. The predicted molar refractivity (Wildman–Crippen MR) is 88.3 cm³/mol. The van der Waals surface area contributed by atoms with Crippen molar-refractivity contribution in [2.75, 3.05) is 12.5 Å². The van der Waals surface area contributed by atoms with E-state index in [0.29, 0.717) is 16.4 Å². The van der Waals surface area contributed by atoms with Crippen molar-refractivity contribution in [2.45, 2.75) is 0 Å². The minimum atomic E-state index is -0.395. The lowest BCUT2D eigenvalue weighted by atomic mass is 10.1. The number of hydrogen-bond donors (Lipinski definition) is 1. The third-order valence-corrected chi connectivity index (χ3v) is 3.56. The monoisotopic (exact) mass is 357 g/mol. The molecule has 114 valence electrons. The summed E-state index contributed by atoms with van der Waals surface area (Å²) in [6, 6.07) is 8.19.